The van der Waals surface area contributed by atoms with Crippen molar-refractivity contribution in [3.63, 3.8) is 0 Å². The number of carbonyl (C=O) groups is 1. The first-order chi connectivity index (χ1) is 14.2. The van der Waals surface area contributed by atoms with Gasteiger partial charge in [0.1, 0.15) is 6.10 Å². The highest BCUT2D eigenvalue weighted by atomic mass is 16.5. The number of nitrogens with two attached hydrogens (primary N) is 1. The minimum Gasteiger partial charge on any atom is -0.368 e. The van der Waals surface area contributed by atoms with Crippen molar-refractivity contribution in [1.82, 2.24) is 14.7 Å². The van der Waals surface area contributed by atoms with Crippen LogP contribution < -0.4 is 5.73 Å². The molecule has 30 heavy (non-hydrogen) atoms. The summed E-state index contributed by atoms with van der Waals surface area (Å²) in [5, 5.41) is 0. The Morgan fingerprint density at radius 2 is 1.60 bits per heavy atom. The SMILES string of the molecule is CC(C)(CCC(C)(C)N1C[C@@H]2CC[C@H](N)[C@@H]2C1)N1CCN(C(=O)C2CCCO2)CC1. The van der Waals surface area contributed by atoms with E-state index >= 15 is 0 Å². The second-order valence-corrected chi connectivity index (χ2v) is 11.5. The van der Waals surface area contributed by atoms with Gasteiger partial charge in [-0.3, -0.25) is 14.6 Å². The first-order valence-corrected chi connectivity index (χ1v) is 12.3. The Balaban J connectivity index is 1.25. The number of carbonyl (C=O) groups excluding carboxylic acids is 1. The van der Waals surface area contributed by atoms with Crippen LogP contribution in [0.25, 0.3) is 0 Å². The number of fused-ring (bicyclic) bond motifs is 1. The molecule has 2 N–H and O–H groups in total. The number of hydrogen-bond acceptors (Lipinski definition) is 5. The molecule has 4 rings (SSSR count). The average Bonchev–Trinajstić information content (AvgIpc) is 3.46. The number of piperazine rings is 1. The molecule has 0 radical (unpaired) electrons. The minimum atomic E-state index is -0.182. The molecular weight excluding hydrogens is 376 g/mol. The Morgan fingerprint density at radius 3 is 2.20 bits per heavy atom. The van der Waals surface area contributed by atoms with Crippen LogP contribution >= 0.6 is 0 Å². The van der Waals surface area contributed by atoms with E-state index in [1.807, 2.05) is 4.90 Å². The number of amides is 1. The summed E-state index contributed by atoms with van der Waals surface area (Å²) in [5.41, 5.74) is 6.75. The summed E-state index contributed by atoms with van der Waals surface area (Å²) < 4.78 is 5.60. The van der Waals surface area contributed by atoms with Gasteiger partial charge in [-0.2, -0.15) is 0 Å². The van der Waals surface area contributed by atoms with Gasteiger partial charge in [-0.1, -0.05) is 0 Å². The zero-order valence-corrected chi connectivity index (χ0v) is 19.7. The molecule has 0 spiro atoms. The van der Waals surface area contributed by atoms with Crippen molar-refractivity contribution >= 4 is 5.91 Å². The highest BCUT2D eigenvalue weighted by molar-refractivity contribution is 5.81. The highest BCUT2D eigenvalue weighted by Crippen LogP contribution is 2.41. The lowest BCUT2D eigenvalue weighted by Gasteiger charge is -2.46. The number of ether oxygens (including phenoxy) is 1. The Morgan fingerprint density at radius 1 is 0.933 bits per heavy atom. The van der Waals surface area contributed by atoms with Crippen LogP contribution in [-0.4, -0.2) is 89.7 Å². The van der Waals surface area contributed by atoms with Crippen LogP contribution in [0.4, 0.5) is 0 Å². The van der Waals surface area contributed by atoms with Crippen molar-refractivity contribution in [2.45, 2.75) is 89.4 Å². The van der Waals surface area contributed by atoms with Gasteiger partial charge in [-0.25, -0.2) is 0 Å². The van der Waals surface area contributed by atoms with E-state index < -0.39 is 0 Å². The lowest BCUT2D eigenvalue weighted by Crippen LogP contribution is -2.57. The second kappa shape index (κ2) is 8.68. The van der Waals surface area contributed by atoms with Crippen molar-refractivity contribution in [3.8, 4) is 0 Å². The van der Waals surface area contributed by atoms with E-state index in [1.54, 1.807) is 0 Å². The zero-order valence-electron chi connectivity index (χ0n) is 19.7. The first kappa shape index (κ1) is 22.5. The van der Waals surface area contributed by atoms with Crippen molar-refractivity contribution in [3.05, 3.63) is 0 Å². The van der Waals surface area contributed by atoms with E-state index in [1.165, 1.54) is 38.8 Å². The Hall–Kier alpha value is -0.690. The van der Waals surface area contributed by atoms with E-state index in [-0.39, 0.29) is 23.1 Å². The van der Waals surface area contributed by atoms with Crippen molar-refractivity contribution in [2.75, 3.05) is 45.9 Å². The fourth-order valence-corrected chi connectivity index (χ4v) is 6.24. The fourth-order valence-electron chi connectivity index (χ4n) is 6.24. The molecule has 0 aromatic heterocycles. The lowest BCUT2D eigenvalue weighted by atomic mass is 9.86. The monoisotopic (exact) mass is 420 g/mol. The van der Waals surface area contributed by atoms with E-state index in [2.05, 4.69) is 37.5 Å². The molecule has 0 aromatic carbocycles. The Bertz CT molecular complexity index is 608. The lowest BCUT2D eigenvalue weighted by molar-refractivity contribution is -0.143. The highest BCUT2D eigenvalue weighted by Gasteiger charge is 2.45. The summed E-state index contributed by atoms with van der Waals surface area (Å²) >= 11 is 0. The molecule has 3 heterocycles. The van der Waals surface area contributed by atoms with Crippen LogP contribution in [0, 0.1) is 11.8 Å². The van der Waals surface area contributed by atoms with Gasteiger partial charge < -0.3 is 15.4 Å². The maximum atomic E-state index is 12.6. The standard InChI is InChI=1S/C24H44N4O2/c1-23(2,27-13-11-26(12-14-27)22(29)21-6-5-15-30-21)9-10-24(3,4)28-16-18-7-8-20(25)19(18)17-28/h18-21H,5-17,25H2,1-4H3/t18-,19+,20-,21?/m0/s1. The predicted molar refractivity (Wildman–Crippen MR) is 120 cm³/mol. The van der Waals surface area contributed by atoms with E-state index in [0.29, 0.717) is 12.0 Å². The molecule has 6 heteroatoms. The van der Waals surface area contributed by atoms with E-state index in [0.717, 1.165) is 51.5 Å². The molecule has 172 valence electrons. The molecule has 4 fully saturated rings. The molecule has 4 aliphatic rings. The van der Waals surface area contributed by atoms with Gasteiger partial charge in [0.15, 0.2) is 0 Å². The molecule has 3 saturated heterocycles. The maximum Gasteiger partial charge on any atom is 0.251 e. The van der Waals surface area contributed by atoms with E-state index in [4.69, 9.17) is 10.5 Å². The number of nitrogens with zero attached hydrogens (tertiary/aromatic N) is 3. The smallest absolute Gasteiger partial charge is 0.251 e. The predicted octanol–water partition coefficient (Wildman–Crippen LogP) is 2.32. The summed E-state index contributed by atoms with van der Waals surface area (Å²) in [6, 6.07) is 0.417. The van der Waals surface area contributed by atoms with Crippen LogP contribution in [0.2, 0.25) is 0 Å². The fraction of sp³-hybridized carbons (Fsp3) is 0.958. The molecule has 0 bridgehead atoms. The molecule has 1 amide bonds. The zero-order chi connectivity index (χ0) is 21.5. The minimum absolute atomic E-state index is 0.155. The average molecular weight is 421 g/mol. The summed E-state index contributed by atoms with van der Waals surface area (Å²) in [6.07, 6.45) is 6.64. The molecular formula is C24H44N4O2. The van der Waals surface area contributed by atoms with Gasteiger partial charge in [0.25, 0.3) is 5.91 Å². The van der Waals surface area contributed by atoms with Crippen molar-refractivity contribution in [2.24, 2.45) is 17.6 Å². The van der Waals surface area contributed by atoms with Crippen molar-refractivity contribution in [1.29, 1.82) is 0 Å². The van der Waals surface area contributed by atoms with Gasteiger partial charge in [0.2, 0.25) is 0 Å². The Kier molecular flexibility index (Phi) is 6.51. The molecule has 1 aliphatic carbocycles. The largest absolute Gasteiger partial charge is 0.368 e. The second-order valence-electron chi connectivity index (χ2n) is 11.5. The third-order valence-electron chi connectivity index (χ3n) is 8.77. The Labute approximate surface area is 183 Å². The van der Waals surface area contributed by atoms with Crippen LogP contribution in [0.3, 0.4) is 0 Å². The number of rotatable bonds is 6. The normalized spacial score (nSPS) is 34.0. The van der Waals surface area contributed by atoms with Crippen LogP contribution in [0.15, 0.2) is 0 Å². The summed E-state index contributed by atoms with van der Waals surface area (Å²) in [6.45, 7) is 16.4. The van der Waals surface area contributed by atoms with Gasteiger partial charge in [0, 0.05) is 63.0 Å². The summed E-state index contributed by atoms with van der Waals surface area (Å²) in [4.78, 5) is 20.0. The molecule has 3 aliphatic heterocycles. The van der Waals surface area contributed by atoms with Crippen LogP contribution in [-0.2, 0) is 9.53 Å². The third kappa shape index (κ3) is 4.57. The van der Waals surface area contributed by atoms with Gasteiger partial charge in [0.05, 0.1) is 0 Å². The third-order valence-corrected chi connectivity index (χ3v) is 8.77. The molecule has 1 unspecified atom stereocenters. The van der Waals surface area contributed by atoms with Gasteiger partial charge in [-0.05, 0) is 78.1 Å². The summed E-state index contributed by atoms with van der Waals surface area (Å²) in [5.74, 6) is 1.75. The summed E-state index contributed by atoms with van der Waals surface area (Å²) in [7, 11) is 0. The number of hydrogen-bond donors (Lipinski definition) is 1. The first-order valence-electron chi connectivity index (χ1n) is 12.3. The van der Waals surface area contributed by atoms with Gasteiger partial charge in [-0.15, -0.1) is 0 Å². The van der Waals surface area contributed by atoms with Crippen LogP contribution in [0.1, 0.15) is 66.2 Å². The van der Waals surface area contributed by atoms with Crippen molar-refractivity contribution < 1.29 is 9.53 Å². The maximum absolute atomic E-state index is 12.6. The van der Waals surface area contributed by atoms with Crippen LogP contribution in [0.5, 0.6) is 0 Å². The number of likely N-dealkylation sites (tertiary alicyclic amines) is 1. The topological polar surface area (TPSA) is 62.0 Å². The molecule has 4 atom stereocenters. The molecule has 0 aromatic rings. The molecule has 1 saturated carbocycles. The molecule has 6 nitrogen and oxygen atoms in total. The quantitative estimate of drug-likeness (QED) is 0.715. The van der Waals surface area contributed by atoms with E-state index in [9.17, 15) is 4.79 Å². The van der Waals surface area contributed by atoms with Gasteiger partial charge >= 0.3 is 0 Å².